The molecule has 2 heteroatoms. The van der Waals surface area contributed by atoms with E-state index in [4.69, 9.17) is 5.73 Å². The third kappa shape index (κ3) is 2.62. The number of hydrogen-bond acceptors (Lipinski definition) is 2. The maximum absolute atomic E-state index is 6.44. The molecule has 3 aliphatic rings. The minimum atomic E-state index is 0.356. The monoisotopic (exact) mass is 262 g/mol. The Morgan fingerprint density at radius 3 is 2.53 bits per heavy atom. The SMILES string of the molecule is CC(C)(C)C1=CCN(CC2C3CCC(C3)C2N)CC1. The maximum Gasteiger partial charge on any atom is 0.0166 e. The number of rotatable bonds is 2. The van der Waals surface area contributed by atoms with E-state index in [1.165, 1.54) is 38.8 Å². The summed E-state index contributed by atoms with van der Waals surface area (Å²) in [5.74, 6) is 2.57. The van der Waals surface area contributed by atoms with Gasteiger partial charge in [0.15, 0.2) is 0 Å². The quantitative estimate of drug-likeness (QED) is 0.775. The zero-order valence-corrected chi connectivity index (χ0v) is 12.9. The summed E-state index contributed by atoms with van der Waals surface area (Å²) in [7, 11) is 0. The molecule has 1 aliphatic heterocycles. The number of nitrogens with two attached hydrogens (primary N) is 1. The van der Waals surface area contributed by atoms with Crippen LogP contribution in [-0.2, 0) is 0 Å². The normalized spacial score (nSPS) is 39.7. The molecule has 19 heavy (non-hydrogen) atoms. The third-order valence-corrected chi connectivity index (χ3v) is 5.88. The summed E-state index contributed by atoms with van der Waals surface area (Å²) < 4.78 is 0. The number of hydrogen-bond donors (Lipinski definition) is 1. The van der Waals surface area contributed by atoms with E-state index in [1.54, 1.807) is 5.57 Å². The van der Waals surface area contributed by atoms with Gasteiger partial charge in [-0.25, -0.2) is 0 Å². The summed E-state index contributed by atoms with van der Waals surface area (Å²) >= 11 is 0. The molecule has 0 radical (unpaired) electrons. The van der Waals surface area contributed by atoms with Gasteiger partial charge in [0.25, 0.3) is 0 Å². The van der Waals surface area contributed by atoms with Crippen LogP contribution < -0.4 is 5.73 Å². The lowest BCUT2D eigenvalue weighted by molar-refractivity contribution is 0.179. The molecule has 0 aromatic carbocycles. The van der Waals surface area contributed by atoms with Gasteiger partial charge in [0.1, 0.15) is 0 Å². The summed E-state index contributed by atoms with van der Waals surface area (Å²) in [4.78, 5) is 2.64. The van der Waals surface area contributed by atoms with Crippen LogP contribution in [0.2, 0.25) is 0 Å². The summed E-state index contributed by atoms with van der Waals surface area (Å²) in [6.45, 7) is 10.6. The summed E-state index contributed by atoms with van der Waals surface area (Å²) in [6.07, 6.45) is 7.99. The van der Waals surface area contributed by atoms with Crippen molar-refractivity contribution in [3.63, 3.8) is 0 Å². The molecule has 0 spiro atoms. The molecule has 2 fully saturated rings. The van der Waals surface area contributed by atoms with E-state index in [0.717, 1.165) is 24.3 Å². The van der Waals surface area contributed by atoms with Crippen LogP contribution in [0.15, 0.2) is 11.6 Å². The molecule has 2 saturated carbocycles. The highest BCUT2D eigenvalue weighted by atomic mass is 15.1. The van der Waals surface area contributed by atoms with E-state index in [0.29, 0.717) is 11.5 Å². The Hall–Kier alpha value is -0.340. The Balaban J connectivity index is 1.57. The first-order valence-electron chi connectivity index (χ1n) is 8.12. The van der Waals surface area contributed by atoms with Gasteiger partial charge >= 0.3 is 0 Å². The zero-order chi connectivity index (χ0) is 13.6. The second-order valence-corrected chi connectivity index (χ2v) is 8.06. The van der Waals surface area contributed by atoms with Gasteiger partial charge in [-0.1, -0.05) is 32.4 Å². The smallest absolute Gasteiger partial charge is 0.0166 e. The molecule has 3 rings (SSSR count). The molecule has 0 aromatic heterocycles. The van der Waals surface area contributed by atoms with Gasteiger partial charge in [0, 0.05) is 25.7 Å². The van der Waals surface area contributed by atoms with Crippen molar-refractivity contribution in [2.75, 3.05) is 19.6 Å². The average Bonchev–Trinajstić information content (AvgIpc) is 2.93. The molecule has 0 amide bonds. The summed E-state index contributed by atoms with van der Waals surface area (Å²) in [6, 6.07) is 0.492. The van der Waals surface area contributed by atoms with E-state index in [1.807, 2.05) is 0 Å². The first-order valence-corrected chi connectivity index (χ1v) is 8.12. The highest BCUT2D eigenvalue weighted by molar-refractivity contribution is 5.15. The van der Waals surface area contributed by atoms with Gasteiger partial charge < -0.3 is 5.73 Å². The fourth-order valence-corrected chi connectivity index (χ4v) is 4.58. The van der Waals surface area contributed by atoms with Crippen molar-refractivity contribution in [1.82, 2.24) is 4.90 Å². The maximum atomic E-state index is 6.44. The molecule has 4 atom stereocenters. The van der Waals surface area contributed by atoms with E-state index in [2.05, 4.69) is 31.7 Å². The van der Waals surface area contributed by atoms with Crippen LogP contribution in [0.4, 0.5) is 0 Å². The molecule has 2 N–H and O–H groups in total. The number of nitrogens with zero attached hydrogens (tertiary/aromatic N) is 1. The van der Waals surface area contributed by atoms with Gasteiger partial charge in [0.05, 0.1) is 0 Å². The molecule has 4 unspecified atom stereocenters. The van der Waals surface area contributed by atoms with Crippen molar-refractivity contribution in [3.05, 3.63) is 11.6 Å². The largest absolute Gasteiger partial charge is 0.327 e. The van der Waals surface area contributed by atoms with Crippen LogP contribution in [0.1, 0.15) is 46.5 Å². The molecule has 2 aliphatic carbocycles. The molecule has 0 aromatic rings. The average molecular weight is 262 g/mol. The van der Waals surface area contributed by atoms with E-state index in [-0.39, 0.29) is 0 Å². The Labute approximate surface area is 118 Å². The summed E-state index contributed by atoms with van der Waals surface area (Å²) in [5.41, 5.74) is 8.43. The minimum absolute atomic E-state index is 0.356. The third-order valence-electron chi connectivity index (χ3n) is 5.88. The molecule has 2 nitrogen and oxygen atoms in total. The second-order valence-electron chi connectivity index (χ2n) is 8.06. The molecule has 2 bridgehead atoms. The summed E-state index contributed by atoms with van der Waals surface area (Å²) in [5, 5.41) is 0. The topological polar surface area (TPSA) is 29.3 Å². The predicted molar refractivity (Wildman–Crippen MR) is 80.9 cm³/mol. The van der Waals surface area contributed by atoms with E-state index in [9.17, 15) is 0 Å². The van der Waals surface area contributed by atoms with Crippen LogP contribution in [0.3, 0.4) is 0 Å². The standard InChI is InChI=1S/C17H30N2/c1-17(2,3)14-6-8-19(9-7-14)11-15-12-4-5-13(10-12)16(15)18/h6,12-13,15-16H,4-5,7-11,18H2,1-3H3. The molecule has 108 valence electrons. The molecular formula is C17H30N2. The van der Waals surface area contributed by atoms with Gasteiger partial charge in [-0.2, -0.15) is 0 Å². The van der Waals surface area contributed by atoms with Crippen LogP contribution in [0.25, 0.3) is 0 Å². The Bertz CT molecular complexity index is 364. The highest BCUT2D eigenvalue weighted by Gasteiger charge is 2.46. The van der Waals surface area contributed by atoms with Crippen LogP contribution in [0.5, 0.6) is 0 Å². The zero-order valence-electron chi connectivity index (χ0n) is 12.9. The Morgan fingerprint density at radius 2 is 2.00 bits per heavy atom. The number of fused-ring (bicyclic) bond motifs is 2. The van der Waals surface area contributed by atoms with Crippen molar-refractivity contribution in [2.24, 2.45) is 28.9 Å². The van der Waals surface area contributed by atoms with E-state index >= 15 is 0 Å². The van der Waals surface area contributed by atoms with Crippen LogP contribution >= 0.6 is 0 Å². The molecular weight excluding hydrogens is 232 g/mol. The second kappa shape index (κ2) is 4.89. The van der Waals surface area contributed by atoms with Crippen molar-refractivity contribution in [2.45, 2.75) is 52.5 Å². The van der Waals surface area contributed by atoms with Gasteiger partial charge in [-0.3, -0.25) is 4.90 Å². The fraction of sp³-hybridized carbons (Fsp3) is 0.882. The first kappa shape index (κ1) is 13.6. The lowest BCUT2D eigenvalue weighted by Crippen LogP contribution is -2.44. The Kier molecular flexibility index (Phi) is 3.51. The lowest BCUT2D eigenvalue weighted by Gasteiger charge is -2.36. The van der Waals surface area contributed by atoms with Gasteiger partial charge in [0.2, 0.25) is 0 Å². The fourth-order valence-electron chi connectivity index (χ4n) is 4.58. The van der Waals surface area contributed by atoms with Crippen LogP contribution in [-0.4, -0.2) is 30.6 Å². The van der Waals surface area contributed by atoms with Gasteiger partial charge in [-0.15, -0.1) is 0 Å². The van der Waals surface area contributed by atoms with E-state index < -0.39 is 0 Å². The first-order chi connectivity index (χ1) is 8.95. The Morgan fingerprint density at radius 1 is 1.26 bits per heavy atom. The minimum Gasteiger partial charge on any atom is -0.327 e. The lowest BCUT2D eigenvalue weighted by atomic mass is 9.82. The van der Waals surface area contributed by atoms with Crippen molar-refractivity contribution in [3.8, 4) is 0 Å². The molecule has 0 saturated heterocycles. The van der Waals surface area contributed by atoms with Crippen molar-refractivity contribution >= 4 is 0 Å². The van der Waals surface area contributed by atoms with Crippen LogP contribution in [0, 0.1) is 23.2 Å². The van der Waals surface area contributed by atoms with Gasteiger partial charge in [-0.05, 0) is 48.9 Å². The van der Waals surface area contributed by atoms with Crippen molar-refractivity contribution < 1.29 is 0 Å². The predicted octanol–water partition coefficient (Wildman–Crippen LogP) is 3.04. The highest BCUT2D eigenvalue weighted by Crippen LogP contribution is 2.48. The molecule has 1 heterocycles. The van der Waals surface area contributed by atoms with Crippen molar-refractivity contribution in [1.29, 1.82) is 0 Å².